The van der Waals surface area contributed by atoms with Gasteiger partial charge in [0.15, 0.2) is 23.1 Å². The summed E-state index contributed by atoms with van der Waals surface area (Å²) in [6, 6.07) is 19.5. The standard InChI is InChI=1S/C34H35N5O3Si.C31H27N5O3/c1-43(2,3)16-10-23-17-24-21-38(34(42)36-11-6-4-7-12-36)15-14-37-22-26(25(18-23)33(24)37)31-28(40)19-29(41)32(31)27-20-35-30-9-5-8-13-39(27)30;1-2-20-14-21-18-35(31(39)33-9-5-3-6-10-33)13-12-34-19-23(22(15-20)30(21)34)28-25(37)16-26(38)29(28)24-17-32-27-8-4-7-11-36(24)27/h5,8-9,13,17-18,20,22H,4,6-7,11-12,14-15,19,21H2,1-3H3;1,4,7-8,11,14-15,17,19H,3,5-6,9-10,12-13,16,18H2. The van der Waals surface area contributed by atoms with Gasteiger partial charge in [0.25, 0.3) is 0 Å². The van der Waals surface area contributed by atoms with Crippen molar-refractivity contribution in [2.24, 2.45) is 0 Å². The van der Waals surface area contributed by atoms with Gasteiger partial charge in [-0.1, -0.05) is 43.6 Å². The van der Waals surface area contributed by atoms with Crippen LogP contribution in [0, 0.1) is 23.8 Å². The van der Waals surface area contributed by atoms with Crippen molar-refractivity contribution < 1.29 is 28.8 Å². The highest BCUT2D eigenvalue weighted by Gasteiger charge is 2.39. The Morgan fingerprint density at radius 2 is 0.963 bits per heavy atom. The predicted octanol–water partition coefficient (Wildman–Crippen LogP) is 9.54. The van der Waals surface area contributed by atoms with Crippen LogP contribution in [0.2, 0.25) is 19.6 Å². The molecule has 0 bridgehead atoms. The Balaban J connectivity index is 0.000000155. The first-order chi connectivity index (χ1) is 39.7. The summed E-state index contributed by atoms with van der Waals surface area (Å²) in [5.74, 6) is 5.40. The minimum absolute atomic E-state index is 0.0640. The quantitative estimate of drug-likeness (QED) is 0.0958. The monoisotopic (exact) mass is 1110 g/mol. The summed E-state index contributed by atoms with van der Waals surface area (Å²) in [7, 11) is -1.67. The molecule has 0 spiro atoms. The molecule has 17 heteroatoms. The van der Waals surface area contributed by atoms with Crippen molar-refractivity contribution in [1.82, 2.24) is 47.5 Å². The highest BCUT2D eigenvalue weighted by Crippen LogP contribution is 2.43. The number of hydrogen-bond acceptors (Lipinski definition) is 8. The topological polar surface area (TPSA) is 160 Å². The molecule has 2 saturated heterocycles. The van der Waals surface area contributed by atoms with E-state index in [0.717, 1.165) is 108 Å². The molecule has 6 aliphatic rings. The largest absolute Gasteiger partial charge is 0.345 e. The van der Waals surface area contributed by atoms with Gasteiger partial charge in [-0.25, -0.2) is 19.6 Å². The zero-order valence-corrected chi connectivity index (χ0v) is 47.5. The lowest BCUT2D eigenvalue weighted by Crippen LogP contribution is -2.45. The average Bonchev–Trinajstić information content (AvgIpc) is 2.61. The van der Waals surface area contributed by atoms with Gasteiger partial charge in [0.1, 0.15) is 19.4 Å². The maximum absolute atomic E-state index is 13.6. The van der Waals surface area contributed by atoms with Crippen LogP contribution in [0.1, 0.15) is 96.1 Å². The number of fused-ring (bicyclic) bond motifs is 2. The fourth-order valence-corrected chi connectivity index (χ4v) is 13.5. The van der Waals surface area contributed by atoms with Crippen LogP contribution in [0.15, 0.2) is 97.8 Å². The number of allylic oxidation sites excluding steroid dienone is 4. The smallest absolute Gasteiger partial charge is 0.320 e. The molecule has 16 nitrogen and oxygen atoms in total. The molecule has 14 rings (SSSR count). The summed E-state index contributed by atoms with van der Waals surface area (Å²) in [5.41, 5.74) is 14.7. The van der Waals surface area contributed by atoms with Crippen LogP contribution in [0.4, 0.5) is 9.59 Å². The Morgan fingerprint density at radius 3 is 1.41 bits per heavy atom. The lowest BCUT2D eigenvalue weighted by Gasteiger charge is -2.32. The second kappa shape index (κ2) is 20.8. The molecule has 82 heavy (non-hydrogen) atoms. The first-order valence-corrected chi connectivity index (χ1v) is 32.1. The number of ketones is 4. The van der Waals surface area contributed by atoms with Gasteiger partial charge < -0.3 is 28.7 Å². The van der Waals surface area contributed by atoms with E-state index in [1.54, 1.807) is 12.4 Å². The van der Waals surface area contributed by atoms with Crippen LogP contribution in [0.5, 0.6) is 0 Å². The van der Waals surface area contributed by atoms with Crippen molar-refractivity contribution in [2.45, 2.75) is 97.2 Å². The second-order valence-electron chi connectivity index (χ2n) is 23.4. The van der Waals surface area contributed by atoms with Crippen LogP contribution in [-0.4, -0.2) is 130 Å². The number of aromatic nitrogens is 6. The minimum Gasteiger partial charge on any atom is -0.345 e. The molecule has 4 amide bonds. The summed E-state index contributed by atoms with van der Waals surface area (Å²) >= 11 is 0. The average molecular weight is 1110 g/mol. The molecule has 0 N–H and O–H groups in total. The molecule has 0 radical (unpaired) electrons. The number of likely N-dealkylation sites (tertiary alicyclic amines) is 2. The number of urea groups is 2. The first kappa shape index (κ1) is 52.3. The minimum atomic E-state index is -1.67. The SMILES string of the molecule is C#Cc1cc2c3c(c1)c(C1=C(c4cnc5ccccn45)C(=O)CC1=O)cn3CCN(C(=O)N1CCCCC1)C2.C[Si](C)(C)C#Cc1cc2c3c(c1)c(C1=C(c4cnc5ccccn45)C(=O)CC1=O)cn3CCN(C(=O)N1CCCCC1)C2. The van der Waals surface area contributed by atoms with Crippen LogP contribution >= 0.6 is 0 Å². The number of benzene rings is 2. The number of Topliss-reactive ketones (excluding diaryl/α,β-unsaturated/α-hetero) is 4. The van der Waals surface area contributed by atoms with Crippen molar-refractivity contribution in [3.05, 3.63) is 143 Å². The number of nitrogens with zero attached hydrogens (tertiary/aromatic N) is 10. The molecule has 0 saturated carbocycles. The summed E-state index contributed by atoms with van der Waals surface area (Å²) in [6.45, 7) is 13.0. The van der Waals surface area contributed by atoms with E-state index in [0.29, 0.717) is 89.7 Å². The molecule has 10 heterocycles. The van der Waals surface area contributed by atoms with E-state index in [1.165, 1.54) is 6.42 Å². The van der Waals surface area contributed by atoms with Gasteiger partial charge in [-0.15, -0.1) is 12.0 Å². The molecule has 412 valence electrons. The normalized spacial score (nSPS) is 17.7. The molecule has 4 aliphatic heterocycles. The van der Waals surface area contributed by atoms with E-state index in [9.17, 15) is 28.8 Å². The molecule has 2 aromatic carbocycles. The predicted molar refractivity (Wildman–Crippen MR) is 318 cm³/mol. The Morgan fingerprint density at radius 1 is 0.524 bits per heavy atom. The van der Waals surface area contributed by atoms with E-state index < -0.39 is 8.07 Å². The van der Waals surface area contributed by atoms with Crippen LogP contribution in [-0.2, 0) is 45.4 Å². The van der Waals surface area contributed by atoms with Crippen LogP contribution in [0.3, 0.4) is 0 Å². The van der Waals surface area contributed by atoms with Gasteiger partial charge >= 0.3 is 12.1 Å². The number of carbonyl (C=O) groups excluding carboxylic acids is 6. The molecule has 2 fully saturated rings. The van der Waals surface area contributed by atoms with Crippen molar-refractivity contribution in [1.29, 1.82) is 0 Å². The number of carbonyl (C=O) groups is 6. The van der Waals surface area contributed by atoms with E-state index in [-0.39, 0.29) is 48.0 Å². The molecule has 0 unspecified atom stereocenters. The Hall–Kier alpha value is -9.06. The highest BCUT2D eigenvalue weighted by molar-refractivity contribution is 6.83. The van der Waals surface area contributed by atoms with Crippen molar-refractivity contribution >= 4 is 98.7 Å². The fraction of sp³-hybridized carbons (Fsp3) is 0.323. The Labute approximate surface area is 475 Å². The number of imidazole rings is 2. The molecule has 6 aromatic heterocycles. The zero-order chi connectivity index (χ0) is 56.6. The number of hydrogen-bond donors (Lipinski definition) is 0. The number of pyridine rings is 2. The van der Waals surface area contributed by atoms with Gasteiger partial charge in [0.2, 0.25) is 0 Å². The van der Waals surface area contributed by atoms with E-state index in [4.69, 9.17) is 6.42 Å². The van der Waals surface area contributed by atoms with Gasteiger partial charge in [-0.3, -0.25) is 28.0 Å². The third-order valence-electron chi connectivity index (χ3n) is 16.7. The molecular formula is C65H62N10O6Si. The summed E-state index contributed by atoms with van der Waals surface area (Å²) in [4.78, 5) is 97.4. The van der Waals surface area contributed by atoms with Gasteiger partial charge in [-0.05, 0) is 98.2 Å². The van der Waals surface area contributed by atoms with Crippen LogP contribution < -0.4 is 0 Å². The van der Waals surface area contributed by atoms with Gasteiger partial charge in [0, 0.05) is 134 Å². The summed E-state index contributed by atoms with van der Waals surface area (Å²) < 4.78 is 7.98. The molecular weight excluding hydrogens is 1040 g/mol. The van der Waals surface area contributed by atoms with E-state index in [1.807, 2.05) is 102 Å². The Kier molecular flexibility index (Phi) is 13.3. The molecule has 2 aliphatic carbocycles. The van der Waals surface area contributed by atoms with Crippen LogP contribution in [0.25, 0.3) is 55.4 Å². The van der Waals surface area contributed by atoms with Crippen molar-refractivity contribution in [3.63, 3.8) is 0 Å². The third-order valence-corrected chi connectivity index (χ3v) is 17.6. The van der Waals surface area contributed by atoms with E-state index in [2.05, 4.69) is 68.3 Å². The van der Waals surface area contributed by atoms with Crippen molar-refractivity contribution in [3.8, 4) is 23.8 Å². The maximum Gasteiger partial charge on any atom is 0.320 e. The van der Waals surface area contributed by atoms with Crippen molar-refractivity contribution in [2.75, 3.05) is 39.3 Å². The zero-order valence-electron chi connectivity index (χ0n) is 46.5. The molecule has 0 atom stereocenters. The number of amides is 4. The second-order valence-corrected chi connectivity index (χ2v) is 28.1. The maximum atomic E-state index is 13.6. The summed E-state index contributed by atoms with van der Waals surface area (Å²) in [5, 5.41) is 1.73. The van der Waals surface area contributed by atoms with Gasteiger partial charge in [0.05, 0.1) is 58.8 Å². The Bertz CT molecular complexity index is 4240. The lowest BCUT2D eigenvalue weighted by atomic mass is 9.96. The highest BCUT2D eigenvalue weighted by atomic mass is 28.3. The van der Waals surface area contributed by atoms with Gasteiger partial charge in [-0.2, -0.15) is 0 Å². The number of piperidine rings is 2. The fourth-order valence-electron chi connectivity index (χ4n) is 12.9. The molecule has 8 aromatic rings. The van der Waals surface area contributed by atoms with E-state index >= 15 is 0 Å². The third kappa shape index (κ3) is 9.32. The number of terminal acetylenes is 1. The first-order valence-electron chi connectivity index (χ1n) is 28.6. The lowest BCUT2D eigenvalue weighted by molar-refractivity contribution is -0.121. The summed E-state index contributed by atoms with van der Waals surface area (Å²) in [6.07, 6.45) is 23.1. The number of rotatable bonds is 4.